The van der Waals surface area contributed by atoms with Gasteiger partial charge < -0.3 is 40.3 Å². The minimum absolute atomic E-state index is 0.186. The van der Waals surface area contributed by atoms with E-state index in [9.17, 15) is 30.3 Å². The third kappa shape index (κ3) is 44.0. The van der Waals surface area contributed by atoms with Crippen LogP contribution in [0.5, 0.6) is 0 Å². The maximum Gasteiger partial charge on any atom is 0.220 e. The van der Waals surface area contributed by atoms with Gasteiger partial charge in [0.2, 0.25) is 5.91 Å². The number of amides is 1. The van der Waals surface area contributed by atoms with Crippen molar-refractivity contribution in [3.05, 3.63) is 85.1 Å². The maximum absolute atomic E-state index is 13.1. The van der Waals surface area contributed by atoms with E-state index in [2.05, 4.69) is 92.1 Å². The van der Waals surface area contributed by atoms with Crippen LogP contribution in [0.3, 0.4) is 0 Å². The maximum atomic E-state index is 13.1. The van der Waals surface area contributed by atoms with Gasteiger partial charge in [-0.25, -0.2) is 0 Å². The van der Waals surface area contributed by atoms with E-state index in [0.29, 0.717) is 6.42 Å². The average molecular weight is 1050 g/mol. The molecule has 1 aliphatic rings. The third-order valence-electron chi connectivity index (χ3n) is 14.5. The summed E-state index contributed by atoms with van der Waals surface area (Å²) >= 11 is 0. The van der Waals surface area contributed by atoms with Gasteiger partial charge in [0.25, 0.3) is 0 Å². The molecule has 434 valence electrons. The molecule has 0 spiro atoms. The summed E-state index contributed by atoms with van der Waals surface area (Å²) < 4.78 is 11.3. The van der Waals surface area contributed by atoms with Crippen LogP contribution in [0.2, 0.25) is 0 Å². The highest BCUT2D eigenvalue weighted by Gasteiger charge is 2.44. The summed E-state index contributed by atoms with van der Waals surface area (Å²) in [4.78, 5) is 13.1. The number of carbonyl (C=O) groups excluding carboxylic acids is 1. The first-order valence-electron chi connectivity index (χ1n) is 31.3. The van der Waals surface area contributed by atoms with Crippen molar-refractivity contribution < 1.29 is 39.8 Å². The number of unbranched alkanes of at least 4 members (excludes halogenated alkanes) is 31. The lowest BCUT2D eigenvalue weighted by Crippen LogP contribution is -2.60. The molecule has 0 aromatic carbocycles. The van der Waals surface area contributed by atoms with Gasteiger partial charge in [0.15, 0.2) is 6.29 Å². The number of hydrogen-bond acceptors (Lipinski definition) is 8. The second-order valence-corrected chi connectivity index (χ2v) is 21.5. The van der Waals surface area contributed by atoms with Crippen molar-refractivity contribution in [3.63, 3.8) is 0 Å². The molecule has 1 heterocycles. The van der Waals surface area contributed by atoms with Crippen LogP contribution >= 0.6 is 0 Å². The van der Waals surface area contributed by atoms with E-state index >= 15 is 0 Å². The lowest BCUT2D eigenvalue weighted by molar-refractivity contribution is -0.302. The molecule has 0 radical (unpaired) electrons. The Morgan fingerprint density at radius 2 is 0.840 bits per heavy atom. The van der Waals surface area contributed by atoms with Crippen molar-refractivity contribution in [1.82, 2.24) is 5.32 Å². The van der Waals surface area contributed by atoms with Crippen LogP contribution in [0.15, 0.2) is 85.1 Å². The SMILES string of the molecule is CC/C=C\C/C=C\C/C=C\C/C=C\C/C=C\CCCCCCCCCCCCCCCCCCCCCC(=O)NC(COC1OC(CO)C(O)C(O)C1O)C(O)/C=C/CC/C=C/CCCCCCCCCCCCC. The highest BCUT2D eigenvalue weighted by Crippen LogP contribution is 2.23. The molecular formula is C66H117NO8. The van der Waals surface area contributed by atoms with Gasteiger partial charge in [-0.05, 0) is 77.0 Å². The quantitative estimate of drug-likeness (QED) is 0.0261. The van der Waals surface area contributed by atoms with E-state index in [-0.39, 0.29) is 12.5 Å². The first-order chi connectivity index (χ1) is 36.8. The summed E-state index contributed by atoms with van der Waals surface area (Å²) in [6.45, 7) is 3.66. The summed E-state index contributed by atoms with van der Waals surface area (Å²) in [5, 5.41) is 54.5. The average Bonchev–Trinajstić information content (AvgIpc) is 3.41. The topological polar surface area (TPSA) is 149 Å². The zero-order valence-electron chi connectivity index (χ0n) is 48.3. The van der Waals surface area contributed by atoms with Crippen LogP contribution in [0.1, 0.15) is 271 Å². The molecule has 9 heteroatoms. The molecule has 1 rings (SSSR count). The first-order valence-corrected chi connectivity index (χ1v) is 31.3. The van der Waals surface area contributed by atoms with Gasteiger partial charge in [0.05, 0.1) is 25.4 Å². The smallest absolute Gasteiger partial charge is 0.220 e. The monoisotopic (exact) mass is 1050 g/mol. The van der Waals surface area contributed by atoms with Gasteiger partial charge in [-0.15, -0.1) is 0 Å². The molecule has 0 aromatic heterocycles. The van der Waals surface area contributed by atoms with Crippen molar-refractivity contribution >= 4 is 5.91 Å². The molecule has 1 fully saturated rings. The predicted molar refractivity (Wildman–Crippen MR) is 318 cm³/mol. The largest absolute Gasteiger partial charge is 0.394 e. The summed E-state index contributed by atoms with van der Waals surface area (Å²) in [5.41, 5.74) is 0. The van der Waals surface area contributed by atoms with Gasteiger partial charge >= 0.3 is 0 Å². The molecule has 7 atom stereocenters. The van der Waals surface area contributed by atoms with E-state index in [1.807, 2.05) is 6.08 Å². The van der Waals surface area contributed by atoms with Gasteiger partial charge in [-0.3, -0.25) is 4.79 Å². The van der Waals surface area contributed by atoms with Gasteiger partial charge in [0.1, 0.15) is 24.4 Å². The Morgan fingerprint density at radius 1 is 0.467 bits per heavy atom. The number of aliphatic hydroxyl groups excluding tert-OH is 5. The van der Waals surface area contributed by atoms with Gasteiger partial charge in [-0.2, -0.15) is 0 Å². The molecule has 6 N–H and O–H groups in total. The minimum Gasteiger partial charge on any atom is -0.394 e. The van der Waals surface area contributed by atoms with Crippen LogP contribution in [-0.2, 0) is 14.3 Å². The fourth-order valence-corrected chi connectivity index (χ4v) is 9.55. The van der Waals surface area contributed by atoms with E-state index in [1.165, 1.54) is 180 Å². The Bertz CT molecular complexity index is 1450. The predicted octanol–water partition coefficient (Wildman–Crippen LogP) is 16.2. The Balaban J connectivity index is 2.13. The molecule has 0 bridgehead atoms. The number of hydrogen-bond donors (Lipinski definition) is 6. The Kier molecular flexibility index (Phi) is 51.3. The van der Waals surface area contributed by atoms with Crippen molar-refractivity contribution in [2.45, 2.75) is 314 Å². The van der Waals surface area contributed by atoms with Crippen molar-refractivity contribution in [2.75, 3.05) is 13.2 Å². The molecular weight excluding hydrogens is 935 g/mol. The molecule has 0 aliphatic carbocycles. The zero-order chi connectivity index (χ0) is 54.3. The summed E-state index contributed by atoms with van der Waals surface area (Å²) in [6, 6.07) is -0.824. The van der Waals surface area contributed by atoms with Crippen molar-refractivity contribution in [2.24, 2.45) is 0 Å². The number of ether oxygens (including phenoxy) is 2. The Hall–Kier alpha value is -2.63. The molecule has 7 unspecified atom stereocenters. The van der Waals surface area contributed by atoms with Crippen LogP contribution in [0.4, 0.5) is 0 Å². The van der Waals surface area contributed by atoms with Crippen molar-refractivity contribution in [3.8, 4) is 0 Å². The van der Waals surface area contributed by atoms with E-state index < -0.39 is 49.5 Å². The van der Waals surface area contributed by atoms with Gasteiger partial charge in [0, 0.05) is 6.42 Å². The second kappa shape index (κ2) is 54.7. The number of carbonyl (C=O) groups is 1. The zero-order valence-corrected chi connectivity index (χ0v) is 48.3. The Labute approximate surface area is 461 Å². The number of allylic oxidation sites excluding steroid dienone is 13. The normalized spacial score (nSPS) is 19.5. The first kappa shape index (κ1) is 70.4. The fraction of sp³-hybridized carbons (Fsp3) is 0.773. The van der Waals surface area contributed by atoms with Crippen molar-refractivity contribution in [1.29, 1.82) is 0 Å². The van der Waals surface area contributed by atoms with Crippen LogP contribution < -0.4 is 5.32 Å². The van der Waals surface area contributed by atoms with Crippen LogP contribution in [0.25, 0.3) is 0 Å². The van der Waals surface area contributed by atoms with E-state index in [0.717, 1.165) is 70.6 Å². The second-order valence-electron chi connectivity index (χ2n) is 21.5. The molecule has 1 aliphatic heterocycles. The fourth-order valence-electron chi connectivity index (χ4n) is 9.55. The molecule has 0 aromatic rings. The lowest BCUT2D eigenvalue weighted by Gasteiger charge is -2.40. The molecule has 9 nitrogen and oxygen atoms in total. The summed E-state index contributed by atoms with van der Waals surface area (Å²) in [6.07, 6.45) is 71.0. The molecule has 75 heavy (non-hydrogen) atoms. The Morgan fingerprint density at radius 3 is 1.28 bits per heavy atom. The number of rotatable bonds is 53. The molecule has 0 saturated carbocycles. The van der Waals surface area contributed by atoms with Crippen LogP contribution in [-0.4, -0.2) is 87.5 Å². The van der Waals surface area contributed by atoms with E-state index in [1.54, 1.807) is 6.08 Å². The molecule has 1 saturated heterocycles. The highest BCUT2D eigenvalue weighted by molar-refractivity contribution is 5.76. The third-order valence-corrected chi connectivity index (χ3v) is 14.5. The van der Waals surface area contributed by atoms with Gasteiger partial charge in [-0.1, -0.05) is 272 Å². The highest BCUT2D eigenvalue weighted by atomic mass is 16.7. The summed E-state index contributed by atoms with van der Waals surface area (Å²) in [7, 11) is 0. The number of aliphatic hydroxyl groups is 5. The standard InChI is InChI=1S/C66H117NO8/c1-3-5-7-9-11-13-15-17-19-21-22-23-24-25-26-27-28-29-30-31-32-33-34-35-36-37-38-40-42-44-46-48-50-52-54-56-62(70)67-59(58-74-66-65(73)64(72)63(71)61(57-68)75-66)60(69)55-53-51-49-47-45-43-41-39-20-18-16-14-12-10-8-6-4-2/h5,7,11,13,17,19,22-23,25-26,45,47,53,55,59-61,63-66,68-69,71-73H,3-4,6,8-10,12,14-16,18,20-21,24,27-44,46,48-52,54,56-58H2,1-2H3,(H,67,70)/b7-5-,13-11-,19-17-,23-22-,26-25-,47-45+,55-53+. The minimum atomic E-state index is -1.57. The lowest BCUT2D eigenvalue weighted by atomic mass is 9.99. The number of nitrogens with one attached hydrogen (secondary N) is 1. The molecule has 1 amide bonds. The van der Waals surface area contributed by atoms with Crippen LogP contribution in [0, 0.1) is 0 Å². The summed E-state index contributed by atoms with van der Waals surface area (Å²) in [5.74, 6) is -0.186. The van der Waals surface area contributed by atoms with E-state index in [4.69, 9.17) is 9.47 Å².